The van der Waals surface area contributed by atoms with Crippen LogP contribution in [0, 0.1) is 6.92 Å². The van der Waals surface area contributed by atoms with Crippen LogP contribution in [0.5, 0.6) is 5.75 Å². The fraction of sp³-hybridized carbons (Fsp3) is 0.167. The molecule has 28 heavy (non-hydrogen) atoms. The second-order valence-corrected chi connectivity index (χ2v) is 8.65. The Labute approximate surface area is 166 Å². The van der Waals surface area contributed by atoms with Crippen molar-refractivity contribution in [3.63, 3.8) is 0 Å². The van der Waals surface area contributed by atoms with Crippen molar-refractivity contribution in [3.05, 3.63) is 64.1 Å². The Morgan fingerprint density at radius 1 is 1.07 bits per heavy atom. The van der Waals surface area contributed by atoms with E-state index in [2.05, 4.69) is 20.2 Å². The Bertz CT molecular complexity index is 1060. The highest BCUT2D eigenvalue weighted by atomic mass is 32.2. The molecule has 3 aromatic rings. The predicted octanol–water partition coefficient (Wildman–Crippen LogP) is 2.59. The number of carbonyl (C=O) groups excluding carboxylic acids is 1. The van der Waals surface area contributed by atoms with Crippen LogP contribution in [0.3, 0.4) is 0 Å². The summed E-state index contributed by atoms with van der Waals surface area (Å²) in [6.07, 6.45) is 0. The third-order valence-corrected chi connectivity index (χ3v) is 6.09. The molecule has 0 aliphatic heterocycles. The van der Waals surface area contributed by atoms with Crippen LogP contribution in [0.1, 0.15) is 20.4 Å². The van der Waals surface area contributed by atoms with E-state index in [1.807, 2.05) is 6.92 Å². The molecule has 0 saturated carbocycles. The minimum absolute atomic E-state index is 0.0519. The van der Waals surface area contributed by atoms with Gasteiger partial charge in [-0.3, -0.25) is 4.79 Å². The van der Waals surface area contributed by atoms with Crippen LogP contribution in [0.4, 0.5) is 5.69 Å². The summed E-state index contributed by atoms with van der Waals surface area (Å²) in [5, 5.41) is 10.9. The molecule has 0 atom stereocenters. The van der Waals surface area contributed by atoms with Gasteiger partial charge in [-0.05, 0) is 43.3 Å². The maximum absolute atomic E-state index is 12.3. The number of nitrogens with one attached hydrogen (secondary N) is 2. The maximum atomic E-state index is 12.3. The summed E-state index contributed by atoms with van der Waals surface area (Å²) in [5.41, 5.74) is 1.55. The standard InChI is InChI=1S/C18H18N4O4S2/c1-12-3-9-15(10-4-12)28(24,25)19-11-16-21-22-18(27-16)17(23)20-13-5-7-14(26-2)8-6-13/h3-10,19H,11H2,1-2H3,(H,20,23). The molecule has 1 aromatic heterocycles. The lowest BCUT2D eigenvalue weighted by Gasteiger charge is -2.05. The van der Waals surface area contributed by atoms with Gasteiger partial charge in [0.05, 0.1) is 18.6 Å². The molecule has 2 aromatic carbocycles. The molecule has 146 valence electrons. The van der Waals surface area contributed by atoms with Crippen LogP contribution in [0.25, 0.3) is 0 Å². The van der Waals surface area contributed by atoms with E-state index in [-0.39, 0.29) is 16.4 Å². The van der Waals surface area contributed by atoms with Gasteiger partial charge in [0, 0.05) is 5.69 Å². The van der Waals surface area contributed by atoms with Gasteiger partial charge >= 0.3 is 0 Å². The quantitative estimate of drug-likeness (QED) is 0.610. The fourth-order valence-electron chi connectivity index (χ4n) is 2.23. The molecule has 10 heteroatoms. The summed E-state index contributed by atoms with van der Waals surface area (Å²) in [5.74, 6) is 0.257. The number of amides is 1. The molecule has 8 nitrogen and oxygen atoms in total. The van der Waals surface area contributed by atoms with E-state index >= 15 is 0 Å². The number of aromatic nitrogens is 2. The van der Waals surface area contributed by atoms with E-state index in [0.717, 1.165) is 16.9 Å². The first-order valence-electron chi connectivity index (χ1n) is 8.21. The fourth-order valence-corrected chi connectivity index (χ4v) is 3.99. The van der Waals surface area contributed by atoms with Gasteiger partial charge in [-0.1, -0.05) is 29.0 Å². The highest BCUT2D eigenvalue weighted by Gasteiger charge is 2.17. The second-order valence-electron chi connectivity index (χ2n) is 5.82. The van der Waals surface area contributed by atoms with Gasteiger partial charge < -0.3 is 10.1 Å². The van der Waals surface area contributed by atoms with Crippen molar-refractivity contribution in [1.29, 1.82) is 0 Å². The SMILES string of the molecule is COc1ccc(NC(=O)c2nnc(CNS(=O)(=O)c3ccc(C)cc3)s2)cc1. The summed E-state index contributed by atoms with van der Waals surface area (Å²) >= 11 is 1.02. The smallest absolute Gasteiger partial charge is 0.286 e. The lowest BCUT2D eigenvalue weighted by atomic mass is 10.2. The number of nitrogens with zero attached hydrogens (tertiary/aromatic N) is 2. The molecule has 2 N–H and O–H groups in total. The van der Waals surface area contributed by atoms with Crippen molar-refractivity contribution >= 4 is 33.0 Å². The summed E-state index contributed by atoms with van der Waals surface area (Å²) in [6.45, 7) is 1.83. The number of hydrogen-bond donors (Lipinski definition) is 2. The van der Waals surface area contributed by atoms with E-state index in [1.54, 1.807) is 43.5 Å². The number of ether oxygens (including phenoxy) is 1. The van der Waals surface area contributed by atoms with E-state index in [0.29, 0.717) is 16.4 Å². The summed E-state index contributed by atoms with van der Waals surface area (Å²) < 4.78 is 32.1. The molecule has 0 spiro atoms. The van der Waals surface area contributed by atoms with Crippen LogP contribution in [-0.2, 0) is 16.6 Å². The van der Waals surface area contributed by atoms with Crippen molar-refractivity contribution < 1.29 is 17.9 Å². The lowest BCUT2D eigenvalue weighted by Crippen LogP contribution is -2.23. The molecule has 0 aliphatic carbocycles. The Kier molecular flexibility index (Phi) is 6.02. The number of benzene rings is 2. The molecule has 1 amide bonds. The molecule has 0 saturated heterocycles. The van der Waals surface area contributed by atoms with Gasteiger partial charge in [0.15, 0.2) is 0 Å². The Balaban J connectivity index is 1.61. The van der Waals surface area contributed by atoms with Crippen LogP contribution < -0.4 is 14.8 Å². The summed E-state index contributed by atoms with van der Waals surface area (Å²) in [6, 6.07) is 13.4. The number of aryl methyl sites for hydroxylation is 1. The Morgan fingerprint density at radius 2 is 1.75 bits per heavy atom. The van der Waals surface area contributed by atoms with E-state index in [1.165, 1.54) is 12.1 Å². The molecule has 0 aliphatic rings. The zero-order valence-corrected chi connectivity index (χ0v) is 16.8. The van der Waals surface area contributed by atoms with Crippen molar-refractivity contribution in [2.45, 2.75) is 18.4 Å². The van der Waals surface area contributed by atoms with Crippen LogP contribution >= 0.6 is 11.3 Å². The molecule has 3 rings (SSSR count). The highest BCUT2D eigenvalue weighted by molar-refractivity contribution is 7.89. The Morgan fingerprint density at radius 3 is 2.39 bits per heavy atom. The minimum atomic E-state index is -3.66. The molecular weight excluding hydrogens is 400 g/mol. The first kappa shape index (κ1) is 19.9. The first-order valence-corrected chi connectivity index (χ1v) is 10.5. The van der Waals surface area contributed by atoms with Gasteiger partial charge in [-0.2, -0.15) is 0 Å². The third-order valence-electron chi connectivity index (χ3n) is 3.75. The maximum Gasteiger partial charge on any atom is 0.286 e. The average Bonchev–Trinajstić information content (AvgIpc) is 3.17. The van der Waals surface area contributed by atoms with Crippen LogP contribution in [0.15, 0.2) is 53.4 Å². The van der Waals surface area contributed by atoms with Gasteiger partial charge in [0.25, 0.3) is 5.91 Å². The summed E-state index contributed by atoms with van der Waals surface area (Å²) in [7, 11) is -2.11. The number of rotatable bonds is 7. The first-order chi connectivity index (χ1) is 13.4. The van der Waals surface area contributed by atoms with Gasteiger partial charge in [-0.25, -0.2) is 13.1 Å². The van der Waals surface area contributed by atoms with Crippen LogP contribution in [-0.4, -0.2) is 31.6 Å². The number of methoxy groups -OCH3 is 1. The predicted molar refractivity (Wildman–Crippen MR) is 106 cm³/mol. The van der Waals surface area contributed by atoms with Gasteiger partial charge in [0.1, 0.15) is 10.8 Å². The average molecular weight is 419 g/mol. The zero-order chi connectivity index (χ0) is 20.1. The molecule has 1 heterocycles. The van der Waals surface area contributed by atoms with E-state index in [4.69, 9.17) is 4.74 Å². The third kappa shape index (κ3) is 4.91. The Hall–Kier alpha value is -2.82. The monoisotopic (exact) mass is 418 g/mol. The molecule has 0 unspecified atom stereocenters. The van der Waals surface area contributed by atoms with Crippen LogP contribution in [0.2, 0.25) is 0 Å². The molecule has 0 radical (unpaired) electrons. The second kappa shape index (κ2) is 8.46. The molecule has 0 bridgehead atoms. The number of anilines is 1. The molecular formula is C18H18N4O4S2. The number of carbonyl (C=O) groups is 1. The van der Waals surface area contributed by atoms with Crippen molar-refractivity contribution in [1.82, 2.24) is 14.9 Å². The van der Waals surface area contributed by atoms with Gasteiger partial charge in [-0.15, -0.1) is 10.2 Å². The topological polar surface area (TPSA) is 110 Å². The summed E-state index contributed by atoms with van der Waals surface area (Å²) in [4.78, 5) is 12.4. The van der Waals surface area contributed by atoms with Crippen molar-refractivity contribution in [3.8, 4) is 5.75 Å². The number of hydrogen-bond acceptors (Lipinski definition) is 7. The van der Waals surface area contributed by atoms with Crippen molar-refractivity contribution in [2.24, 2.45) is 0 Å². The van der Waals surface area contributed by atoms with E-state index in [9.17, 15) is 13.2 Å². The normalized spacial score (nSPS) is 11.2. The minimum Gasteiger partial charge on any atom is -0.497 e. The largest absolute Gasteiger partial charge is 0.497 e. The lowest BCUT2D eigenvalue weighted by molar-refractivity contribution is 0.102. The highest BCUT2D eigenvalue weighted by Crippen LogP contribution is 2.18. The van der Waals surface area contributed by atoms with Gasteiger partial charge in [0.2, 0.25) is 15.0 Å². The molecule has 0 fully saturated rings. The van der Waals surface area contributed by atoms with Crippen molar-refractivity contribution in [2.75, 3.05) is 12.4 Å². The van der Waals surface area contributed by atoms with E-state index < -0.39 is 15.9 Å². The number of sulfonamides is 1. The zero-order valence-electron chi connectivity index (χ0n) is 15.2.